The summed E-state index contributed by atoms with van der Waals surface area (Å²) in [6.45, 7) is 5.38. The molecule has 3 aliphatic rings. The van der Waals surface area contributed by atoms with Crippen LogP contribution in [0.4, 0.5) is 0 Å². The van der Waals surface area contributed by atoms with Crippen LogP contribution in [-0.2, 0) is 26.7 Å². The zero-order chi connectivity index (χ0) is 19.9. The number of hydrogen-bond acceptors (Lipinski definition) is 5. The van der Waals surface area contributed by atoms with Gasteiger partial charge in [0.2, 0.25) is 11.8 Å². The number of nitrogens with zero attached hydrogens (tertiary/aromatic N) is 1. The maximum Gasteiger partial charge on any atom is 2.00 e. The van der Waals surface area contributed by atoms with E-state index in [-0.39, 0.29) is 42.0 Å². The van der Waals surface area contributed by atoms with Crippen molar-refractivity contribution in [3.8, 4) is 0 Å². The quantitative estimate of drug-likeness (QED) is 0.419. The molecule has 29 heavy (non-hydrogen) atoms. The first-order valence-corrected chi connectivity index (χ1v) is 9.78. The molecule has 4 N–H and O–H groups in total. The van der Waals surface area contributed by atoms with Gasteiger partial charge in [-0.1, -0.05) is 0 Å². The van der Waals surface area contributed by atoms with Gasteiger partial charge in [0, 0.05) is 45.8 Å². The molecule has 0 unspecified atom stereocenters. The van der Waals surface area contributed by atoms with E-state index in [2.05, 4.69) is 21.3 Å². The molecule has 0 aromatic carbocycles. The smallest absolute Gasteiger partial charge is 0.354 e. The van der Waals surface area contributed by atoms with E-state index >= 15 is 0 Å². The van der Waals surface area contributed by atoms with Gasteiger partial charge in [0.15, 0.2) is 0 Å². The molecule has 8 heteroatoms. The van der Waals surface area contributed by atoms with Crippen LogP contribution in [0.15, 0.2) is 0 Å². The molecule has 158 valence electrons. The molecule has 1 aliphatic heterocycles. The monoisotopic (exact) mass is 441 g/mol. The van der Waals surface area contributed by atoms with E-state index < -0.39 is 0 Å². The van der Waals surface area contributed by atoms with E-state index in [0.29, 0.717) is 19.6 Å². The second-order valence-electron chi connectivity index (χ2n) is 6.60. The molecular weight excluding hydrogens is 410 g/mol. The Labute approximate surface area is 187 Å². The Bertz CT molecular complexity index is 409. The van der Waals surface area contributed by atoms with Crippen molar-refractivity contribution in [2.75, 3.05) is 58.9 Å². The molecule has 0 aromatic heterocycles. The van der Waals surface area contributed by atoms with Crippen LogP contribution in [0.2, 0.25) is 0 Å². The summed E-state index contributed by atoms with van der Waals surface area (Å²) in [5.41, 5.74) is 0. The Morgan fingerprint density at radius 1 is 0.655 bits per heavy atom. The molecule has 0 spiro atoms. The maximum absolute atomic E-state index is 12.0. The molecule has 1 saturated heterocycles. The van der Waals surface area contributed by atoms with Gasteiger partial charge in [-0.05, 0) is 63.7 Å². The van der Waals surface area contributed by atoms with Gasteiger partial charge >= 0.3 is 17.1 Å². The van der Waals surface area contributed by atoms with Crippen LogP contribution in [0.5, 0.6) is 0 Å². The molecule has 0 aromatic rings. The molecule has 10 radical (unpaired) electrons. The van der Waals surface area contributed by atoms with Crippen molar-refractivity contribution in [2.24, 2.45) is 0 Å². The van der Waals surface area contributed by atoms with Crippen LogP contribution in [0.3, 0.4) is 0 Å². The van der Waals surface area contributed by atoms with E-state index in [1.807, 2.05) is 62.7 Å². The molecular formula is C21H31FeN5O2+2. The Hall–Kier alpha value is -0.661. The SMILES string of the molecule is O=C1CN(C[C]2[CH][CH][CH][CH]2)CC(=O)NCCNCCNCCN1.[CH]1[CH][CH][CH][CH]1.[Fe+2]. The van der Waals surface area contributed by atoms with E-state index in [1.54, 1.807) is 0 Å². The fourth-order valence-corrected chi connectivity index (χ4v) is 2.79. The Kier molecular flexibility index (Phi) is 15.5. The molecule has 2 amide bonds. The van der Waals surface area contributed by atoms with Crippen LogP contribution >= 0.6 is 0 Å². The third-order valence-electron chi connectivity index (χ3n) is 4.15. The van der Waals surface area contributed by atoms with Crippen molar-refractivity contribution in [2.45, 2.75) is 0 Å². The van der Waals surface area contributed by atoms with Crippen LogP contribution in [-0.4, -0.2) is 75.6 Å². The first kappa shape index (κ1) is 26.4. The Morgan fingerprint density at radius 3 is 1.52 bits per heavy atom. The first-order chi connectivity index (χ1) is 13.7. The van der Waals surface area contributed by atoms with Gasteiger partial charge in [-0.3, -0.25) is 14.5 Å². The van der Waals surface area contributed by atoms with Gasteiger partial charge in [-0.2, -0.15) is 0 Å². The minimum atomic E-state index is -0.0563. The van der Waals surface area contributed by atoms with Gasteiger partial charge in [-0.15, -0.1) is 0 Å². The van der Waals surface area contributed by atoms with E-state index in [4.69, 9.17) is 0 Å². The average molecular weight is 441 g/mol. The van der Waals surface area contributed by atoms with E-state index in [0.717, 1.165) is 32.1 Å². The van der Waals surface area contributed by atoms with E-state index in [1.165, 1.54) is 0 Å². The summed E-state index contributed by atoms with van der Waals surface area (Å²) in [6.07, 6.45) is 17.9. The van der Waals surface area contributed by atoms with Crippen molar-refractivity contribution in [1.82, 2.24) is 26.2 Å². The Morgan fingerprint density at radius 2 is 1.07 bits per heavy atom. The fourth-order valence-electron chi connectivity index (χ4n) is 2.79. The fraction of sp³-hybridized carbons (Fsp3) is 0.429. The normalized spacial score (nSPS) is 23.6. The number of amides is 2. The molecule has 2 aliphatic carbocycles. The summed E-state index contributed by atoms with van der Waals surface area (Å²) in [7, 11) is 0. The molecule has 1 heterocycles. The van der Waals surface area contributed by atoms with Gasteiger partial charge in [-0.25, -0.2) is 0 Å². The van der Waals surface area contributed by atoms with Gasteiger partial charge < -0.3 is 21.3 Å². The molecule has 0 atom stereocenters. The summed E-state index contributed by atoms with van der Waals surface area (Å²) in [4.78, 5) is 25.9. The van der Waals surface area contributed by atoms with Gasteiger partial charge in [0.1, 0.15) is 0 Å². The summed E-state index contributed by atoms with van der Waals surface area (Å²) < 4.78 is 0. The van der Waals surface area contributed by atoms with Crippen LogP contribution < -0.4 is 21.3 Å². The first-order valence-electron chi connectivity index (χ1n) is 9.78. The molecule has 3 rings (SSSR count). The maximum atomic E-state index is 12.0. The zero-order valence-electron chi connectivity index (χ0n) is 16.7. The van der Waals surface area contributed by atoms with Gasteiger partial charge in [0.25, 0.3) is 0 Å². The average Bonchev–Trinajstić information content (AvgIpc) is 3.39. The van der Waals surface area contributed by atoms with Crippen molar-refractivity contribution in [3.05, 3.63) is 63.7 Å². The van der Waals surface area contributed by atoms with Crippen LogP contribution in [0, 0.1) is 63.7 Å². The summed E-state index contributed by atoms with van der Waals surface area (Å²) >= 11 is 0. The van der Waals surface area contributed by atoms with Gasteiger partial charge in [0.05, 0.1) is 13.1 Å². The third-order valence-corrected chi connectivity index (χ3v) is 4.15. The third kappa shape index (κ3) is 13.3. The van der Waals surface area contributed by atoms with Crippen molar-refractivity contribution >= 4 is 11.8 Å². The largest absolute Gasteiger partial charge is 2.00 e. The predicted molar refractivity (Wildman–Crippen MR) is 110 cm³/mol. The summed E-state index contributed by atoms with van der Waals surface area (Å²) in [5, 5.41) is 12.3. The predicted octanol–water partition coefficient (Wildman–Crippen LogP) is -0.862. The zero-order valence-corrected chi connectivity index (χ0v) is 17.8. The minimum absolute atomic E-state index is 0. The number of carbonyl (C=O) groups is 2. The second-order valence-corrected chi connectivity index (χ2v) is 6.60. The topological polar surface area (TPSA) is 85.5 Å². The van der Waals surface area contributed by atoms with Crippen molar-refractivity contribution < 1.29 is 26.7 Å². The summed E-state index contributed by atoms with van der Waals surface area (Å²) in [5.74, 6) is 0.991. The number of nitrogens with one attached hydrogen (secondary N) is 4. The molecule has 0 bridgehead atoms. The van der Waals surface area contributed by atoms with Crippen LogP contribution in [0.1, 0.15) is 0 Å². The molecule has 3 fully saturated rings. The van der Waals surface area contributed by atoms with Crippen LogP contribution in [0.25, 0.3) is 0 Å². The van der Waals surface area contributed by atoms with E-state index in [9.17, 15) is 9.59 Å². The van der Waals surface area contributed by atoms with Crippen molar-refractivity contribution in [1.29, 1.82) is 0 Å². The number of rotatable bonds is 2. The number of hydrogen-bond donors (Lipinski definition) is 4. The minimum Gasteiger partial charge on any atom is -0.354 e. The summed E-state index contributed by atoms with van der Waals surface area (Å²) in [6, 6.07) is 0. The van der Waals surface area contributed by atoms with Crippen molar-refractivity contribution in [3.63, 3.8) is 0 Å². The number of carbonyl (C=O) groups excluding carboxylic acids is 2. The Balaban J connectivity index is 0.000000610. The second kappa shape index (κ2) is 17.1. The molecule has 7 nitrogen and oxygen atoms in total. The standard InChI is InChI=1S/C16H26N5O2.C5H5.Fe/c22-15-12-21(11-14-3-1-2-4-14)13-16(23)20-10-8-18-6-5-17-7-9-19-15;1-2-4-5-3-1;/h1-4,17-18H,5-13H2,(H,19,22)(H,20,23);1-5H;/q;;+2. The molecule has 2 saturated carbocycles.